The van der Waals surface area contributed by atoms with E-state index in [0.29, 0.717) is 4.90 Å². The van der Waals surface area contributed by atoms with E-state index in [0.717, 1.165) is 5.56 Å². The number of imidazole rings is 1. The molecule has 0 radical (unpaired) electrons. The molecule has 1 aromatic carbocycles. The van der Waals surface area contributed by atoms with E-state index in [4.69, 9.17) is 0 Å². The molecule has 0 aliphatic rings. The zero-order valence-electron chi connectivity index (χ0n) is 16.1. The van der Waals surface area contributed by atoms with Gasteiger partial charge in [-0.15, -0.1) is 0 Å². The summed E-state index contributed by atoms with van der Waals surface area (Å²) in [6.07, 6.45) is -0.535. The van der Waals surface area contributed by atoms with E-state index in [2.05, 4.69) is 24.0 Å². The van der Waals surface area contributed by atoms with Crippen LogP contribution in [0, 0.1) is 6.92 Å². The maximum atomic E-state index is 12.9. The molecular formula is C19H14F3N5O3S. The molecule has 8 nitrogen and oxygen atoms in total. The third-order valence-electron chi connectivity index (χ3n) is 4.29. The van der Waals surface area contributed by atoms with Crippen molar-refractivity contribution in [2.24, 2.45) is 4.36 Å². The average Bonchev–Trinajstić information content (AvgIpc) is 3.34. The molecule has 0 aliphatic carbocycles. The maximum Gasteiger partial charge on any atom is 0.471 e. The molecule has 0 saturated carbocycles. The smallest absolute Gasteiger partial charge is 0.329 e. The third-order valence-corrected chi connectivity index (χ3v) is 5.93. The molecule has 0 saturated heterocycles. The number of fused-ring (bicyclic) bond motifs is 1. The Morgan fingerprint density at radius 3 is 2.65 bits per heavy atom. The fraction of sp³-hybridized carbons (Fsp3) is 0.158. The van der Waals surface area contributed by atoms with Gasteiger partial charge in [-0.05, 0) is 36.8 Å². The molecule has 0 spiro atoms. The van der Waals surface area contributed by atoms with Crippen molar-refractivity contribution in [2.75, 3.05) is 6.26 Å². The van der Waals surface area contributed by atoms with Gasteiger partial charge >= 0.3 is 18.0 Å². The van der Waals surface area contributed by atoms with Crippen molar-refractivity contribution >= 4 is 21.3 Å². The number of hydrogen-bond donors (Lipinski definition) is 0. The summed E-state index contributed by atoms with van der Waals surface area (Å²) >= 11 is 0. The van der Waals surface area contributed by atoms with Crippen LogP contribution in [0.4, 0.5) is 13.2 Å². The van der Waals surface area contributed by atoms with Crippen LogP contribution >= 0.6 is 0 Å². The summed E-state index contributed by atoms with van der Waals surface area (Å²) in [7, 11) is -2.99. The molecule has 3 aromatic heterocycles. The minimum absolute atomic E-state index is 0.0662. The number of rotatable bonds is 3. The molecule has 31 heavy (non-hydrogen) atoms. The second-order valence-corrected chi connectivity index (χ2v) is 9.00. The predicted molar refractivity (Wildman–Crippen MR) is 104 cm³/mol. The number of carbonyl (C=O) groups excluding carboxylic acids is 1. The van der Waals surface area contributed by atoms with Crippen LogP contribution in [0.2, 0.25) is 0 Å². The Morgan fingerprint density at radius 2 is 1.97 bits per heavy atom. The summed E-state index contributed by atoms with van der Waals surface area (Å²) in [6.45, 7) is 1.84. The first-order chi connectivity index (χ1) is 14.5. The summed E-state index contributed by atoms with van der Waals surface area (Å²) in [4.78, 5) is 20.5. The quantitative estimate of drug-likeness (QED) is 0.468. The Balaban J connectivity index is 1.67. The molecule has 1 amide bonds. The van der Waals surface area contributed by atoms with Crippen LogP contribution in [0.1, 0.15) is 21.9 Å². The van der Waals surface area contributed by atoms with E-state index in [-0.39, 0.29) is 22.7 Å². The Bertz CT molecular complexity index is 1430. The summed E-state index contributed by atoms with van der Waals surface area (Å²) < 4.78 is 60.4. The van der Waals surface area contributed by atoms with Crippen LogP contribution in [-0.2, 0) is 15.9 Å². The van der Waals surface area contributed by atoms with Gasteiger partial charge in [-0.3, -0.25) is 4.79 Å². The summed E-state index contributed by atoms with van der Waals surface area (Å²) in [5.41, 5.74) is 1.27. The fourth-order valence-corrected chi connectivity index (χ4v) is 4.04. The van der Waals surface area contributed by atoms with Crippen LogP contribution in [-0.4, -0.2) is 35.9 Å². The van der Waals surface area contributed by atoms with E-state index in [9.17, 15) is 22.2 Å². The minimum atomic E-state index is -4.76. The number of hydrogen-bond acceptors (Lipinski definition) is 6. The molecule has 0 fully saturated rings. The first-order valence-corrected chi connectivity index (χ1v) is 10.7. The number of halogens is 3. The highest BCUT2D eigenvalue weighted by Gasteiger charge is 2.38. The first-order valence-electron chi connectivity index (χ1n) is 8.76. The van der Waals surface area contributed by atoms with Crippen molar-refractivity contribution in [1.82, 2.24) is 19.5 Å². The standard InChI is InChI=1S/C19H14F3N5O3S/c1-11-4-3-5-13(8-11)31(2,29)26-17(28)14-10-27-7-6-12(9-15(27)23-14)16-24-18(30-25-16)19(20,21)22/h3-10H,1-2H3. The highest BCUT2D eigenvalue weighted by Crippen LogP contribution is 2.29. The molecule has 12 heteroatoms. The van der Waals surface area contributed by atoms with Crippen LogP contribution in [0.5, 0.6) is 0 Å². The number of alkyl halides is 3. The van der Waals surface area contributed by atoms with Crippen LogP contribution in [0.25, 0.3) is 17.0 Å². The van der Waals surface area contributed by atoms with Crippen molar-refractivity contribution in [2.45, 2.75) is 18.0 Å². The Hall–Kier alpha value is -3.54. The van der Waals surface area contributed by atoms with Gasteiger partial charge in [0.15, 0.2) is 0 Å². The molecule has 4 rings (SSSR count). The van der Waals surface area contributed by atoms with Gasteiger partial charge in [0, 0.05) is 29.1 Å². The van der Waals surface area contributed by atoms with Crippen LogP contribution < -0.4 is 0 Å². The van der Waals surface area contributed by atoms with Crippen LogP contribution in [0.3, 0.4) is 0 Å². The number of benzene rings is 1. The van der Waals surface area contributed by atoms with Gasteiger partial charge in [0.25, 0.3) is 0 Å². The number of aryl methyl sites for hydroxylation is 1. The van der Waals surface area contributed by atoms with Crippen molar-refractivity contribution in [3.8, 4) is 11.4 Å². The highest BCUT2D eigenvalue weighted by atomic mass is 32.2. The second-order valence-electron chi connectivity index (χ2n) is 6.74. The summed E-state index contributed by atoms with van der Waals surface area (Å²) in [6, 6.07) is 9.72. The molecule has 0 bridgehead atoms. The van der Waals surface area contributed by atoms with Gasteiger partial charge in [-0.25, -0.2) is 9.19 Å². The molecule has 1 unspecified atom stereocenters. The Kier molecular flexibility index (Phi) is 4.88. The van der Waals surface area contributed by atoms with Crippen molar-refractivity contribution in [3.05, 3.63) is 65.9 Å². The number of pyridine rings is 1. The number of nitrogens with zero attached hydrogens (tertiary/aromatic N) is 5. The van der Waals surface area contributed by atoms with E-state index in [1.807, 2.05) is 13.0 Å². The second kappa shape index (κ2) is 7.30. The van der Waals surface area contributed by atoms with Gasteiger partial charge in [0.2, 0.25) is 5.82 Å². The lowest BCUT2D eigenvalue weighted by Gasteiger charge is -2.04. The lowest BCUT2D eigenvalue weighted by molar-refractivity contribution is -0.159. The minimum Gasteiger partial charge on any atom is -0.329 e. The van der Waals surface area contributed by atoms with Gasteiger partial charge < -0.3 is 8.92 Å². The number of carbonyl (C=O) groups is 1. The van der Waals surface area contributed by atoms with E-state index < -0.39 is 27.7 Å². The molecular weight excluding hydrogens is 435 g/mol. The highest BCUT2D eigenvalue weighted by molar-refractivity contribution is 7.93. The van der Waals surface area contributed by atoms with Crippen LogP contribution in [0.15, 0.2) is 62.6 Å². The van der Waals surface area contributed by atoms with Crippen molar-refractivity contribution in [3.63, 3.8) is 0 Å². The van der Waals surface area contributed by atoms with Gasteiger partial charge in [0.1, 0.15) is 11.3 Å². The Labute approximate surface area is 173 Å². The molecule has 3 heterocycles. The molecule has 0 N–H and O–H groups in total. The summed E-state index contributed by atoms with van der Waals surface area (Å²) in [5, 5.41) is 3.32. The normalized spacial score (nSPS) is 13.8. The topological polar surface area (TPSA) is 103 Å². The maximum absolute atomic E-state index is 12.9. The van der Waals surface area contributed by atoms with Crippen molar-refractivity contribution in [1.29, 1.82) is 0 Å². The zero-order valence-corrected chi connectivity index (χ0v) is 16.9. The monoisotopic (exact) mass is 449 g/mol. The largest absolute Gasteiger partial charge is 0.471 e. The van der Waals surface area contributed by atoms with Gasteiger partial charge in [-0.1, -0.05) is 17.3 Å². The van der Waals surface area contributed by atoms with Gasteiger partial charge in [-0.2, -0.15) is 22.5 Å². The predicted octanol–water partition coefficient (Wildman–Crippen LogP) is 4.01. The van der Waals surface area contributed by atoms with E-state index in [1.54, 1.807) is 18.2 Å². The lowest BCUT2D eigenvalue weighted by atomic mass is 10.2. The molecule has 0 aliphatic heterocycles. The number of amides is 1. The zero-order chi connectivity index (χ0) is 22.4. The lowest BCUT2D eigenvalue weighted by Crippen LogP contribution is -2.04. The fourth-order valence-electron chi connectivity index (χ4n) is 2.79. The summed E-state index contributed by atoms with van der Waals surface area (Å²) in [5.74, 6) is -2.51. The SMILES string of the molecule is Cc1cccc(S(C)(=O)=NC(=O)c2cn3ccc(-c4noc(C(F)(F)F)n4)cc3n2)c1. The molecule has 160 valence electrons. The first kappa shape index (κ1) is 20.7. The van der Waals surface area contributed by atoms with E-state index in [1.165, 1.54) is 35.2 Å². The third kappa shape index (κ3) is 4.19. The molecule has 1 atom stereocenters. The average molecular weight is 449 g/mol. The van der Waals surface area contributed by atoms with E-state index >= 15 is 0 Å². The number of aromatic nitrogens is 4. The van der Waals surface area contributed by atoms with Crippen molar-refractivity contribution < 1.29 is 26.7 Å². The van der Waals surface area contributed by atoms with Gasteiger partial charge in [0.05, 0.1) is 9.73 Å². The Morgan fingerprint density at radius 1 is 1.19 bits per heavy atom. The molecule has 4 aromatic rings.